The maximum absolute atomic E-state index is 3.03. The van der Waals surface area contributed by atoms with Crippen molar-refractivity contribution in [3.8, 4) is 0 Å². The summed E-state index contributed by atoms with van der Waals surface area (Å²) in [5.41, 5.74) is 0. The Morgan fingerprint density at radius 3 is 0.952 bits per heavy atom. The van der Waals surface area contributed by atoms with E-state index in [2.05, 4.69) is 62.6 Å². The second kappa shape index (κ2) is 36.7. The summed E-state index contributed by atoms with van der Waals surface area (Å²) in [4.78, 5) is 4.12. The maximum Gasteiger partial charge on any atom is 0.000733 e. The lowest BCUT2D eigenvalue weighted by Crippen LogP contribution is -2.15. The normalized spacial score (nSPS) is 8.57. The van der Waals surface area contributed by atoms with Crippen LogP contribution in [0, 0.1) is 0 Å². The predicted molar refractivity (Wildman–Crippen MR) is 103 cm³/mol. The summed E-state index contributed by atoms with van der Waals surface area (Å²) in [5, 5.41) is 8.71. The molecule has 0 radical (unpaired) electrons. The fraction of sp³-hybridized carbons (Fsp3) is 1.00. The summed E-state index contributed by atoms with van der Waals surface area (Å²) in [7, 11) is 17.7. The molecule has 0 saturated heterocycles. The predicted octanol–water partition coefficient (Wildman–Crippen LogP) is 1.42. The highest BCUT2D eigenvalue weighted by molar-refractivity contribution is 4.40. The van der Waals surface area contributed by atoms with E-state index in [1.165, 1.54) is 0 Å². The van der Waals surface area contributed by atoms with E-state index in [0.29, 0.717) is 6.04 Å². The summed E-state index contributed by atoms with van der Waals surface area (Å²) in [6.45, 7) is 10.6. The topological polar surface area (TPSA) is 42.6 Å². The highest BCUT2D eigenvalue weighted by Crippen LogP contribution is 1.66. The second-order valence-corrected chi connectivity index (χ2v) is 5.39. The fourth-order valence-electron chi connectivity index (χ4n) is 0. The Kier molecular flexibility index (Phi) is 57.2. The molecular formula is C16H47N5. The van der Waals surface area contributed by atoms with Crippen LogP contribution in [0.4, 0.5) is 0 Å². The minimum atomic E-state index is 0.634. The van der Waals surface area contributed by atoms with E-state index in [0.717, 1.165) is 13.1 Å². The van der Waals surface area contributed by atoms with Crippen molar-refractivity contribution in [2.75, 3.05) is 76.5 Å². The molecule has 0 aromatic carbocycles. The van der Waals surface area contributed by atoms with Gasteiger partial charge in [-0.3, -0.25) is 0 Å². The third-order valence-electron chi connectivity index (χ3n) is 1.56. The van der Waals surface area contributed by atoms with E-state index in [1.54, 1.807) is 0 Å². The molecule has 0 aromatic heterocycles. The van der Waals surface area contributed by atoms with Crippen molar-refractivity contribution in [1.29, 1.82) is 0 Å². The Bertz CT molecular complexity index is 104. The Labute approximate surface area is 136 Å². The number of rotatable bonds is 3. The average molecular weight is 310 g/mol. The SMILES string of the molecule is CCN(C)C.CCNC.CN(C)C.CNC.CNC(C)C. The molecule has 0 bridgehead atoms. The lowest BCUT2D eigenvalue weighted by molar-refractivity contribution is 0.434. The van der Waals surface area contributed by atoms with Gasteiger partial charge in [-0.15, -0.1) is 0 Å². The zero-order valence-electron chi connectivity index (χ0n) is 17.4. The van der Waals surface area contributed by atoms with Gasteiger partial charge in [0, 0.05) is 6.04 Å². The molecule has 0 aliphatic carbocycles. The van der Waals surface area contributed by atoms with Crippen LogP contribution in [-0.2, 0) is 0 Å². The van der Waals surface area contributed by atoms with Gasteiger partial charge in [-0.05, 0) is 76.5 Å². The standard InChI is InChI=1S/2C4H11N.2C3H9N.C2H7N/c1-4-5(2)3;1-4(2)5-3;1-4(2)3;1-3-4-2;1-3-2/h4H2,1-3H3;4-5H,1-3H3;1-3H3;4H,3H2,1-2H3;3H,1-2H3. The van der Waals surface area contributed by atoms with Gasteiger partial charge >= 0.3 is 0 Å². The largest absolute Gasteiger partial charge is 0.323 e. The van der Waals surface area contributed by atoms with Gasteiger partial charge in [0.2, 0.25) is 0 Å². The zero-order chi connectivity index (χ0) is 18.3. The molecule has 0 heterocycles. The summed E-state index contributed by atoms with van der Waals surface area (Å²) >= 11 is 0. The molecule has 0 aliphatic rings. The molecular weight excluding hydrogens is 262 g/mol. The van der Waals surface area contributed by atoms with Crippen LogP contribution in [0.25, 0.3) is 0 Å². The van der Waals surface area contributed by atoms with Crippen molar-refractivity contribution < 1.29 is 0 Å². The summed E-state index contributed by atoms with van der Waals surface area (Å²) < 4.78 is 0. The van der Waals surface area contributed by atoms with E-state index >= 15 is 0 Å². The van der Waals surface area contributed by atoms with Crippen molar-refractivity contribution >= 4 is 0 Å². The molecule has 5 heteroatoms. The minimum Gasteiger partial charge on any atom is -0.323 e. The van der Waals surface area contributed by atoms with Gasteiger partial charge in [-0.25, -0.2) is 0 Å². The Morgan fingerprint density at radius 2 is 0.952 bits per heavy atom. The molecule has 21 heavy (non-hydrogen) atoms. The number of nitrogens with one attached hydrogen (secondary N) is 3. The van der Waals surface area contributed by atoms with Gasteiger partial charge in [0.25, 0.3) is 0 Å². The van der Waals surface area contributed by atoms with Gasteiger partial charge in [-0.2, -0.15) is 0 Å². The van der Waals surface area contributed by atoms with E-state index in [1.807, 2.05) is 54.2 Å². The first-order valence-corrected chi connectivity index (χ1v) is 7.76. The number of hydrogen-bond donors (Lipinski definition) is 3. The van der Waals surface area contributed by atoms with Gasteiger partial charge < -0.3 is 25.8 Å². The third-order valence-corrected chi connectivity index (χ3v) is 1.56. The van der Waals surface area contributed by atoms with E-state index in [9.17, 15) is 0 Å². The highest BCUT2D eigenvalue weighted by Gasteiger charge is 1.77. The summed E-state index contributed by atoms with van der Waals surface area (Å²) in [6.07, 6.45) is 0. The van der Waals surface area contributed by atoms with Crippen molar-refractivity contribution in [1.82, 2.24) is 25.8 Å². The molecule has 0 atom stereocenters. The molecule has 0 saturated carbocycles. The van der Waals surface area contributed by atoms with Crippen LogP contribution in [0.15, 0.2) is 0 Å². The fourth-order valence-corrected chi connectivity index (χ4v) is 0. The highest BCUT2D eigenvalue weighted by atomic mass is 15.0. The van der Waals surface area contributed by atoms with Gasteiger partial charge in [0.1, 0.15) is 0 Å². The minimum absolute atomic E-state index is 0.634. The van der Waals surface area contributed by atoms with Crippen molar-refractivity contribution in [2.45, 2.75) is 33.7 Å². The number of hydrogen-bond acceptors (Lipinski definition) is 5. The molecule has 0 amide bonds. The van der Waals surface area contributed by atoms with Crippen LogP contribution in [0.1, 0.15) is 27.7 Å². The van der Waals surface area contributed by atoms with Crippen LogP contribution in [0.3, 0.4) is 0 Å². The smallest absolute Gasteiger partial charge is 0.000733 e. The molecule has 0 unspecified atom stereocenters. The molecule has 5 nitrogen and oxygen atoms in total. The van der Waals surface area contributed by atoms with E-state index < -0.39 is 0 Å². The molecule has 136 valence electrons. The van der Waals surface area contributed by atoms with Gasteiger partial charge in [0.05, 0.1) is 0 Å². The third kappa shape index (κ3) is 272. The summed E-state index contributed by atoms with van der Waals surface area (Å²) in [5.74, 6) is 0. The first-order chi connectivity index (χ1) is 9.60. The lowest BCUT2D eigenvalue weighted by Gasteiger charge is -2.00. The van der Waals surface area contributed by atoms with Crippen LogP contribution in [0.2, 0.25) is 0 Å². The lowest BCUT2D eigenvalue weighted by atomic mass is 10.4. The molecule has 0 aromatic rings. The summed E-state index contributed by atoms with van der Waals surface area (Å²) in [6, 6.07) is 0.634. The van der Waals surface area contributed by atoms with Gasteiger partial charge in [-0.1, -0.05) is 27.7 Å². The van der Waals surface area contributed by atoms with Crippen molar-refractivity contribution in [2.24, 2.45) is 0 Å². The van der Waals surface area contributed by atoms with Crippen molar-refractivity contribution in [3.05, 3.63) is 0 Å². The molecule has 0 fully saturated rings. The molecule has 0 rings (SSSR count). The monoisotopic (exact) mass is 309 g/mol. The van der Waals surface area contributed by atoms with Crippen LogP contribution in [0.5, 0.6) is 0 Å². The Morgan fingerprint density at radius 1 is 0.810 bits per heavy atom. The van der Waals surface area contributed by atoms with Crippen molar-refractivity contribution in [3.63, 3.8) is 0 Å². The molecule has 0 spiro atoms. The second-order valence-electron chi connectivity index (χ2n) is 5.39. The van der Waals surface area contributed by atoms with Crippen LogP contribution >= 0.6 is 0 Å². The molecule has 3 N–H and O–H groups in total. The number of nitrogens with zero attached hydrogens (tertiary/aromatic N) is 2. The molecule has 0 aliphatic heterocycles. The zero-order valence-corrected chi connectivity index (χ0v) is 17.4. The maximum atomic E-state index is 3.03. The van der Waals surface area contributed by atoms with E-state index in [-0.39, 0.29) is 0 Å². The Balaban J connectivity index is -0.0000000514. The van der Waals surface area contributed by atoms with E-state index in [4.69, 9.17) is 0 Å². The van der Waals surface area contributed by atoms with Gasteiger partial charge in [0.15, 0.2) is 0 Å². The first-order valence-electron chi connectivity index (χ1n) is 7.76. The van der Waals surface area contributed by atoms with Crippen LogP contribution in [-0.4, -0.2) is 92.4 Å². The average Bonchev–Trinajstić information content (AvgIpc) is 2.39. The van der Waals surface area contributed by atoms with Crippen LogP contribution < -0.4 is 16.0 Å². The quantitative estimate of drug-likeness (QED) is 0.736. The Hall–Kier alpha value is -0.200. The first kappa shape index (κ1) is 32.7.